The minimum atomic E-state index is -0.0303. The standard InChI is InChI=1S/C12H15N3OS/c1-9-14-11(8-17-9)6-15(2)12-3-4-13-10(5-12)7-16/h3-5,8,16H,6-7H2,1-2H3. The largest absolute Gasteiger partial charge is 0.390 e. The highest BCUT2D eigenvalue weighted by Crippen LogP contribution is 2.17. The lowest BCUT2D eigenvalue weighted by Crippen LogP contribution is -2.17. The van der Waals surface area contributed by atoms with Gasteiger partial charge in [0, 0.05) is 24.3 Å². The van der Waals surface area contributed by atoms with Crippen molar-refractivity contribution in [2.45, 2.75) is 20.1 Å². The van der Waals surface area contributed by atoms with Gasteiger partial charge in [-0.05, 0) is 19.1 Å². The summed E-state index contributed by atoms with van der Waals surface area (Å²) in [6, 6.07) is 3.82. The van der Waals surface area contributed by atoms with Gasteiger partial charge in [-0.15, -0.1) is 11.3 Å². The molecule has 2 aromatic heterocycles. The highest BCUT2D eigenvalue weighted by molar-refractivity contribution is 7.09. The molecule has 0 aliphatic heterocycles. The van der Waals surface area contributed by atoms with Crippen molar-refractivity contribution in [3.05, 3.63) is 40.1 Å². The van der Waals surface area contributed by atoms with E-state index in [0.717, 1.165) is 22.9 Å². The van der Waals surface area contributed by atoms with Crippen LogP contribution in [0.4, 0.5) is 5.69 Å². The molecule has 0 amide bonds. The van der Waals surface area contributed by atoms with E-state index in [2.05, 4.69) is 20.2 Å². The zero-order valence-corrected chi connectivity index (χ0v) is 10.7. The van der Waals surface area contributed by atoms with E-state index < -0.39 is 0 Å². The quantitative estimate of drug-likeness (QED) is 0.900. The average molecular weight is 249 g/mol. The molecule has 0 aliphatic rings. The number of aliphatic hydroxyl groups excluding tert-OH is 1. The van der Waals surface area contributed by atoms with Gasteiger partial charge in [-0.25, -0.2) is 4.98 Å². The Morgan fingerprint density at radius 1 is 1.41 bits per heavy atom. The van der Waals surface area contributed by atoms with Crippen LogP contribution in [-0.2, 0) is 13.2 Å². The Bertz CT molecular complexity index is 498. The number of rotatable bonds is 4. The van der Waals surface area contributed by atoms with Gasteiger partial charge in [0.15, 0.2) is 0 Å². The van der Waals surface area contributed by atoms with E-state index in [1.54, 1.807) is 17.5 Å². The maximum atomic E-state index is 9.05. The molecule has 17 heavy (non-hydrogen) atoms. The van der Waals surface area contributed by atoms with Crippen LogP contribution in [0.1, 0.15) is 16.4 Å². The lowest BCUT2D eigenvalue weighted by Gasteiger charge is -2.18. The van der Waals surface area contributed by atoms with Gasteiger partial charge >= 0.3 is 0 Å². The lowest BCUT2D eigenvalue weighted by molar-refractivity contribution is 0.277. The summed E-state index contributed by atoms with van der Waals surface area (Å²) in [5.74, 6) is 0. The lowest BCUT2D eigenvalue weighted by atomic mass is 10.3. The highest BCUT2D eigenvalue weighted by atomic mass is 32.1. The number of hydrogen-bond acceptors (Lipinski definition) is 5. The van der Waals surface area contributed by atoms with Crippen LogP contribution in [0.25, 0.3) is 0 Å². The molecule has 0 aliphatic carbocycles. The molecule has 0 aromatic carbocycles. The number of aryl methyl sites for hydroxylation is 1. The SMILES string of the molecule is Cc1nc(CN(C)c2ccnc(CO)c2)cs1. The second-order valence-corrected chi connectivity index (χ2v) is 4.94. The van der Waals surface area contributed by atoms with Crippen LogP contribution in [0.15, 0.2) is 23.7 Å². The molecule has 2 aromatic rings. The Labute approximate surface area is 105 Å². The van der Waals surface area contributed by atoms with E-state index in [1.807, 2.05) is 26.1 Å². The summed E-state index contributed by atoms with van der Waals surface area (Å²) in [5.41, 5.74) is 2.79. The van der Waals surface area contributed by atoms with E-state index in [0.29, 0.717) is 5.69 Å². The van der Waals surface area contributed by atoms with Gasteiger partial charge in [0.2, 0.25) is 0 Å². The van der Waals surface area contributed by atoms with Gasteiger partial charge in [-0.1, -0.05) is 0 Å². The van der Waals surface area contributed by atoms with Crippen LogP contribution in [0.5, 0.6) is 0 Å². The third kappa shape index (κ3) is 3.01. The third-order valence-corrected chi connectivity index (χ3v) is 3.29. The molecule has 0 bridgehead atoms. The molecule has 1 N–H and O–H groups in total. The fourth-order valence-corrected chi connectivity index (χ4v) is 2.21. The predicted molar refractivity (Wildman–Crippen MR) is 69.1 cm³/mol. The van der Waals surface area contributed by atoms with Gasteiger partial charge in [-0.2, -0.15) is 0 Å². The Morgan fingerprint density at radius 2 is 2.24 bits per heavy atom. The van der Waals surface area contributed by atoms with Gasteiger partial charge in [0.25, 0.3) is 0 Å². The monoisotopic (exact) mass is 249 g/mol. The first kappa shape index (κ1) is 12.0. The number of aromatic nitrogens is 2. The fourth-order valence-electron chi connectivity index (χ4n) is 1.60. The van der Waals surface area contributed by atoms with Gasteiger partial charge < -0.3 is 10.0 Å². The first-order valence-corrected chi connectivity index (χ1v) is 6.25. The van der Waals surface area contributed by atoms with Crippen molar-refractivity contribution in [2.24, 2.45) is 0 Å². The number of anilines is 1. The first-order valence-electron chi connectivity index (χ1n) is 5.37. The molecule has 0 saturated carbocycles. The molecule has 0 spiro atoms. The van der Waals surface area contributed by atoms with Crippen LogP contribution >= 0.6 is 11.3 Å². The average Bonchev–Trinajstić information content (AvgIpc) is 2.75. The Kier molecular flexibility index (Phi) is 3.71. The summed E-state index contributed by atoms with van der Waals surface area (Å²) in [6.07, 6.45) is 1.71. The molecule has 2 heterocycles. The fraction of sp³-hybridized carbons (Fsp3) is 0.333. The number of thiazole rings is 1. The molecule has 0 atom stereocenters. The predicted octanol–water partition coefficient (Wildman–Crippen LogP) is 1.98. The molecule has 0 saturated heterocycles. The number of nitrogens with zero attached hydrogens (tertiary/aromatic N) is 3. The minimum absolute atomic E-state index is 0.0303. The second kappa shape index (κ2) is 5.25. The van der Waals surface area contributed by atoms with Gasteiger partial charge in [0.05, 0.1) is 29.5 Å². The summed E-state index contributed by atoms with van der Waals surface area (Å²) in [6.45, 7) is 2.74. The van der Waals surface area contributed by atoms with Gasteiger partial charge in [0.1, 0.15) is 0 Å². The minimum Gasteiger partial charge on any atom is -0.390 e. The molecule has 4 nitrogen and oxygen atoms in total. The summed E-state index contributed by atoms with van der Waals surface area (Å²) >= 11 is 1.66. The molecule has 0 fully saturated rings. The molecular formula is C12H15N3OS. The zero-order valence-electron chi connectivity index (χ0n) is 9.92. The second-order valence-electron chi connectivity index (χ2n) is 3.88. The molecule has 2 rings (SSSR count). The smallest absolute Gasteiger partial charge is 0.0898 e. The third-order valence-electron chi connectivity index (χ3n) is 2.47. The molecule has 90 valence electrons. The number of pyridine rings is 1. The highest BCUT2D eigenvalue weighted by Gasteiger charge is 2.05. The Hall–Kier alpha value is -1.46. The molecule has 0 unspecified atom stereocenters. The van der Waals surface area contributed by atoms with E-state index >= 15 is 0 Å². The van der Waals surface area contributed by atoms with Crippen molar-refractivity contribution >= 4 is 17.0 Å². The zero-order chi connectivity index (χ0) is 12.3. The van der Waals surface area contributed by atoms with E-state index in [-0.39, 0.29) is 6.61 Å². The van der Waals surface area contributed by atoms with Gasteiger partial charge in [-0.3, -0.25) is 4.98 Å². The van der Waals surface area contributed by atoms with Crippen molar-refractivity contribution in [1.82, 2.24) is 9.97 Å². The maximum Gasteiger partial charge on any atom is 0.0898 e. The van der Waals surface area contributed by atoms with Crippen LogP contribution in [0.2, 0.25) is 0 Å². The van der Waals surface area contributed by atoms with Crippen molar-refractivity contribution in [1.29, 1.82) is 0 Å². The van der Waals surface area contributed by atoms with Crippen LogP contribution < -0.4 is 4.90 Å². The van der Waals surface area contributed by atoms with Crippen molar-refractivity contribution in [2.75, 3.05) is 11.9 Å². The summed E-state index contributed by atoms with van der Waals surface area (Å²) in [5, 5.41) is 12.2. The van der Waals surface area contributed by atoms with Crippen molar-refractivity contribution in [3.63, 3.8) is 0 Å². The summed E-state index contributed by atoms with van der Waals surface area (Å²) < 4.78 is 0. The number of aliphatic hydroxyl groups is 1. The van der Waals surface area contributed by atoms with Crippen molar-refractivity contribution < 1.29 is 5.11 Å². The first-order chi connectivity index (χ1) is 8.19. The van der Waals surface area contributed by atoms with Crippen LogP contribution in [0, 0.1) is 6.92 Å². The van der Waals surface area contributed by atoms with E-state index in [9.17, 15) is 0 Å². The maximum absolute atomic E-state index is 9.05. The van der Waals surface area contributed by atoms with Crippen LogP contribution in [-0.4, -0.2) is 22.1 Å². The van der Waals surface area contributed by atoms with Crippen molar-refractivity contribution in [3.8, 4) is 0 Å². The van der Waals surface area contributed by atoms with Crippen LogP contribution in [0.3, 0.4) is 0 Å². The summed E-state index contributed by atoms with van der Waals surface area (Å²) in [4.78, 5) is 10.6. The van der Waals surface area contributed by atoms with E-state index in [4.69, 9.17) is 5.11 Å². The molecular weight excluding hydrogens is 234 g/mol. The molecule has 5 heteroatoms. The Morgan fingerprint density at radius 3 is 2.88 bits per heavy atom. The number of hydrogen-bond donors (Lipinski definition) is 1. The normalized spacial score (nSPS) is 10.5. The topological polar surface area (TPSA) is 49.2 Å². The Balaban J connectivity index is 2.11. The van der Waals surface area contributed by atoms with E-state index in [1.165, 1.54) is 0 Å². The molecule has 0 radical (unpaired) electrons. The summed E-state index contributed by atoms with van der Waals surface area (Å²) in [7, 11) is 2.01.